The highest BCUT2D eigenvalue weighted by molar-refractivity contribution is 5.69. The van der Waals surface area contributed by atoms with Gasteiger partial charge in [0.05, 0.1) is 0 Å². The fourth-order valence-corrected chi connectivity index (χ4v) is 1.82. The first kappa shape index (κ1) is 16.2. The summed E-state index contributed by atoms with van der Waals surface area (Å²) in [5, 5.41) is 0. The number of rotatable bonds is 5. The highest BCUT2D eigenvalue weighted by Gasteiger charge is 1.84. The Morgan fingerprint density at radius 1 is 0.600 bits per heavy atom. The molecule has 0 aliphatic heterocycles. The summed E-state index contributed by atoms with van der Waals surface area (Å²) in [5.74, 6) is 0. The smallest absolute Gasteiger partial charge is 0.0256 e. The van der Waals surface area contributed by atoms with E-state index in [0.29, 0.717) is 0 Å². The molecule has 2 aromatic carbocycles. The summed E-state index contributed by atoms with van der Waals surface area (Å²) in [6.45, 7) is 4.46. The first-order valence-electron chi connectivity index (χ1n) is 7.65. The van der Waals surface area contributed by atoms with Crippen LogP contribution in [0.15, 0.2) is 60.7 Å². The van der Waals surface area contributed by atoms with Crippen LogP contribution in [-0.4, -0.2) is 0 Å². The van der Waals surface area contributed by atoms with Crippen molar-refractivity contribution in [2.75, 3.05) is 0 Å². The van der Waals surface area contributed by atoms with Crippen molar-refractivity contribution in [2.24, 2.45) is 0 Å². The molecule has 0 fully saturated rings. The van der Waals surface area contributed by atoms with Gasteiger partial charge in [-0.15, -0.1) is 0 Å². The third-order valence-electron chi connectivity index (χ3n) is 3.02. The van der Waals surface area contributed by atoms with E-state index in [0.717, 1.165) is 0 Å². The van der Waals surface area contributed by atoms with Gasteiger partial charge in [-0.1, -0.05) is 112 Å². The fraction of sp³-hybridized carbons (Fsp3) is 0.300. The zero-order valence-corrected chi connectivity index (χ0v) is 12.8. The van der Waals surface area contributed by atoms with Crippen LogP contribution in [-0.2, 0) is 0 Å². The van der Waals surface area contributed by atoms with Gasteiger partial charge in [-0.25, -0.2) is 0 Å². The van der Waals surface area contributed by atoms with Crippen LogP contribution in [0.4, 0.5) is 0 Å². The van der Waals surface area contributed by atoms with Crippen molar-refractivity contribution < 1.29 is 0 Å². The van der Waals surface area contributed by atoms with Gasteiger partial charge >= 0.3 is 0 Å². The number of hydrogen-bond acceptors (Lipinski definition) is 0. The normalized spacial score (nSPS) is 10.1. The maximum Gasteiger partial charge on any atom is -0.0256 e. The molecule has 0 amide bonds. The Hall–Kier alpha value is -1.82. The SMILES string of the molecule is C(=Cc1ccccc1)c1ccccc1.CCCCCC. The monoisotopic (exact) mass is 266 g/mol. The number of benzene rings is 2. The third-order valence-corrected chi connectivity index (χ3v) is 3.02. The molecule has 0 aromatic heterocycles. The quantitative estimate of drug-likeness (QED) is 0.431. The molecule has 0 saturated carbocycles. The predicted molar refractivity (Wildman–Crippen MR) is 91.6 cm³/mol. The highest BCUT2D eigenvalue weighted by Crippen LogP contribution is 2.06. The molecule has 0 atom stereocenters. The molecule has 0 aliphatic rings. The first-order chi connectivity index (χ1) is 9.86. The summed E-state index contributed by atoms with van der Waals surface area (Å²) in [7, 11) is 0. The maximum absolute atomic E-state index is 2.23. The van der Waals surface area contributed by atoms with Gasteiger partial charge in [0.15, 0.2) is 0 Å². The van der Waals surface area contributed by atoms with Crippen LogP contribution in [0.25, 0.3) is 12.2 Å². The van der Waals surface area contributed by atoms with Gasteiger partial charge in [0.25, 0.3) is 0 Å². The predicted octanol–water partition coefficient (Wildman–Crippen LogP) is 6.44. The molecule has 0 saturated heterocycles. The standard InChI is InChI=1S/C14H12.C6H14/c1-3-7-13(8-4-1)11-12-14-9-5-2-6-10-14;1-3-5-6-4-2/h1-12H;3-6H2,1-2H3. The van der Waals surface area contributed by atoms with Crippen molar-refractivity contribution in [1.82, 2.24) is 0 Å². The zero-order valence-electron chi connectivity index (χ0n) is 12.8. The van der Waals surface area contributed by atoms with E-state index in [4.69, 9.17) is 0 Å². The molecule has 0 heteroatoms. The average molecular weight is 266 g/mol. The van der Waals surface area contributed by atoms with Crippen LogP contribution in [0.3, 0.4) is 0 Å². The molecule has 106 valence electrons. The first-order valence-corrected chi connectivity index (χ1v) is 7.65. The number of unbranched alkanes of at least 4 members (excludes halogenated alkanes) is 3. The van der Waals surface area contributed by atoms with Gasteiger partial charge in [-0.3, -0.25) is 0 Å². The molecule has 2 aromatic rings. The van der Waals surface area contributed by atoms with E-state index >= 15 is 0 Å². The van der Waals surface area contributed by atoms with Crippen molar-refractivity contribution >= 4 is 12.2 Å². The van der Waals surface area contributed by atoms with Gasteiger partial charge < -0.3 is 0 Å². The fourth-order valence-electron chi connectivity index (χ4n) is 1.82. The molecule has 2 rings (SSSR count). The minimum atomic E-state index is 1.23. The van der Waals surface area contributed by atoms with E-state index in [1.54, 1.807) is 0 Å². The topological polar surface area (TPSA) is 0 Å². The van der Waals surface area contributed by atoms with Crippen molar-refractivity contribution in [3.63, 3.8) is 0 Å². The largest absolute Gasteiger partial charge is 0.0654 e. The summed E-state index contributed by atoms with van der Waals surface area (Å²) in [4.78, 5) is 0. The average Bonchev–Trinajstić information content (AvgIpc) is 2.53. The molecule has 0 heterocycles. The van der Waals surface area contributed by atoms with Crippen LogP contribution in [0.1, 0.15) is 50.7 Å². The summed E-state index contributed by atoms with van der Waals surface area (Å²) in [5.41, 5.74) is 2.47. The van der Waals surface area contributed by atoms with E-state index < -0.39 is 0 Å². The van der Waals surface area contributed by atoms with Gasteiger partial charge in [0, 0.05) is 0 Å². The van der Waals surface area contributed by atoms with Gasteiger partial charge in [0.1, 0.15) is 0 Å². The lowest BCUT2D eigenvalue weighted by atomic mass is 10.1. The third kappa shape index (κ3) is 7.58. The Bertz CT molecular complexity index is 408. The molecular weight excluding hydrogens is 240 g/mol. The molecule has 0 unspecified atom stereocenters. The Labute approximate surface area is 124 Å². The minimum Gasteiger partial charge on any atom is -0.0654 e. The lowest BCUT2D eigenvalue weighted by Crippen LogP contribution is -1.70. The molecule has 0 radical (unpaired) electrons. The summed E-state index contributed by atoms with van der Waals surface area (Å²) in [6, 6.07) is 20.6. The van der Waals surface area contributed by atoms with Crippen molar-refractivity contribution in [3.8, 4) is 0 Å². The molecule has 20 heavy (non-hydrogen) atoms. The van der Waals surface area contributed by atoms with Crippen LogP contribution >= 0.6 is 0 Å². The second-order valence-electron chi connectivity index (χ2n) is 4.86. The Morgan fingerprint density at radius 2 is 0.950 bits per heavy atom. The lowest BCUT2D eigenvalue weighted by molar-refractivity contribution is 0.702. The van der Waals surface area contributed by atoms with Gasteiger partial charge in [0.2, 0.25) is 0 Å². The molecule has 0 N–H and O–H groups in total. The second-order valence-corrected chi connectivity index (χ2v) is 4.86. The minimum absolute atomic E-state index is 1.23. The Morgan fingerprint density at radius 3 is 1.25 bits per heavy atom. The van der Waals surface area contributed by atoms with Crippen LogP contribution in [0, 0.1) is 0 Å². The summed E-state index contributed by atoms with van der Waals surface area (Å²) in [6.07, 6.45) is 9.78. The molecule has 0 nitrogen and oxygen atoms in total. The van der Waals surface area contributed by atoms with E-state index in [-0.39, 0.29) is 0 Å². The van der Waals surface area contributed by atoms with Gasteiger partial charge in [-0.2, -0.15) is 0 Å². The molecular formula is C20H26. The van der Waals surface area contributed by atoms with Crippen LogP contribution in [0.2, 0.25) is 0 Å². The highest BCUT2D eigenvalue weighted by atomic mass is 13.9. The van der Waals surface area contributed by atoms with E-state index in [2.05, 4.69) is 50.3 Å². The van der Waals surface area contributed by atoms with E-state index in [1.807, 2.05) is 36.4 Å². The lowest BCUT2D eigenvalue weighted by Gasteiger charge is -1.92. The second kappa shape index (κ2) is 11.0. The van der Waals surface area contributed by atoms with Gasteiger partial charge in [-0.05, 0) is 11.1 Å². The van der Waals surface area contributed by atoms with Crippen molar-refractivity contribution in [1.29, 1.82) is 0 Å². The van der Waals surface area contributed by atoms with Crippen molar-refractivity contribution in [2.45, 2.75) is 39.5 Å². The molecule has 0 aliphatic carbocycles. The zero-order chi connectivity index (χ0) is 14.5. The summed E-state index contributed by atoms with van der Waals surface area (Å²) >= 11 is 0. The van der Waals surface area contributed by atoms with Crippen LogP contribution < -0.4 is 0 Å². The number of hydrogen-bond donors (Lipinski definition) is 0. The van der Waals surface area contributed by atoms with E-state index in [9.17, 15) is 0 Å². The maximum atomic E-state index is 2.23. The van der Waals surface area contributed by atoms with Crippen LogP contribution in [0.5, 0.6) is 0 Å². The van der Waals surface area contributed by atoms with Crippen molar-refractivity contribution in [3.05, 3.63) is 71.8 Å². The Balaban J connectivity index is 0.000000286. The van der Waals surface area contributed by atoms with E-state index in [1.165, 1.54) is 36.8 Å². The Kier molecular flexibility index (Phi) is 8.97. The summed E-state index contributed by atoms with van der Waals surface area (Å²) < 4.78 is 0. The molecule has 0 spiro atoms. The molecule has 0 bridgehead atoms.